The summed E-state index contributed by atoms with van der Waals surface area (Å²) in [5.41, 5.74) is 1.84. The van der Waals surface area contributed by atoms with E-state index in [4.69, 9.17) is 4.74 Å². The lowest BCUT2D eigenvalue weighted by Crippen LogP contribution is -2.49. The fourth-order valence-corrected chi connectivity index (χ4v) is 3.32. The molecule has 2 bridgehead atoms. The van der Waals surface area contributed by atoms with Crippen molar-refractivity contribution in [3.05, 3.63) is 29.8 Å². The van der Waals surface area contributed by atoms with Crippen molar-refractivity contribution in [3.63, 3.8) is 0 Å². The number of carbonyl (C=O) groups is 2. The number of fused-ring (bicyclic) bond motifs is 2. The number of likely N-dealkylation sites (tertiary alicyclic amines) is 1. The van der Waals surface area contributed by atoms with Crippen LogP contribution in [0.15, 0.2) is 24.3 Å². The van der Waals surface area contributed by atoms with Crippen molar-refractivity contribution in [3.8, 4) is 0 Å². The van der Waals surface area contributed by atoms with E-state index in [0.29, 0.717) is 19.5 Å². The highest BCUT2D eigenvalue weighted by Crippen LogP contribution is 2.33. The van der Waals surface area contributed by atoms with Crippen molar-refractivity contribution in [2.45, 2.75) is 25.6 Å². The highest BCUT2D eigenvalue weighted by Gasteiger charge is 2.46. The Morgan fingerprint density at radius 2 is 2.00 bits per heavy atom. The second-order valence-corrected chi connectivity index (χ2v) is 6.52. The van der Waals surface area contributed by atoms with Crippen LogP contribution in [0.2, 0.25) is 0 Å². The summed E-state index contributed by atoms with van der Waals surface area (Å²) in [7, 11) is 3.51. The van der Waals surface area contributed by atoms with Crippen molar-refractivity contribution in [2.24, 2.45) is 5.92 Å². The zero-order valence-electron chi connectivity index (χ0n) is 13.8. The van der Waals surface area contributed by atoms with Crippen molar-refractivity contribution in [1.82, 2.24) is 9.80 Å². The van der Waals surface area contributed by atoms with Gasteiger partial charge in [0.2, 0.25) is 5.91 Å². The maximum atomic E-state index is 12.5. The predicted octanol–water partition coefficient (Wildman–Crippen LogP) is 1.70. The van der Waals surface area contributed by atoms with Crippen molar-refractivity contribution in [2.75, 3.05) is 32.5 Å². The fraction of sp³-hybridized carbons (Fsp3) is 0.529. The Labute approximate surface area is 136 Å². The summed E-state index contributed by atoms with van der Waals surface area (Å²) < 4.78 is 5.87. The number of nitrogens with zero attached hydrogens (tertiary/aromatic N) is 2. The van der Waals surface area contributed by atoms with E-state index in [0.717, 1.165) is 11.3 Å². The number of amides is 3. The summed E-state index contributed by atoms with van der Waals surface area (Å²) in [4.78, 5) is 28.1. The molecule has 3 atom stereocenters. The van der Waals surface area contributed by atoms with Gasteiger partial charge in [0, 0.05) is 32.9 Å². The Bertz CT molecular complexity index is 617. The number of urea groups is 1. The van der Waals surface area contributed by atoms with E-state index in [1.165, 1.54) is 0 Å². The van der Waals surface area contributed by atoms with E-state index >= 15 is 0 Å². The summed E-state index contributed by atoms with van der Waals surface area (Å²) in [6.07, 6.45) is 0.437. The molecule has 2 aliphatic rings. The van der Waals surface area contributed by atoms with Crippen LogP contribution in [0.25, 0.3) is 0 Å². The molecule has 1 aromatic carbocycles. The van der Waals surface area contributed by atoms with Gasteiger partial charge in [0.15, 0.2) is 0 Å². The second kappa shape index (κ2) is 6.20. The molecule has 0 radical (unpaired) electrons. The molecular formula is C17H23N3O3. The number of hydrogen-bond acceptors (Lipinski definition) is 3. The van der Waals surface area contributed by atoms with Crippen LogP contribution in [-0.4, -0.2) is 61.1 Å². The Kier molecular flexibility index (Phi) is 4.26. The number of ether oxygens (including phenoxy) is 1. The van der Waals surface area contributed by atoms with Gasteiger partial charge < -0.3 is 19.9 Å². The topological polar surface area (TPSA) is 61.9 Å². The summed E-state index contributed by atoms with van der Waals surface area (Å²) in [6.45, 7) is 2.95. The van der Waals surface area contributed by atoms with Gasteiger partial charge >= 0.3 is 6.03 Å². The van der Waals surface area contributed by atoms with E-state index in [-0.39, 0.29) is 30.1 Å². The molecular weight excluding hydrogens is 294 g/mol. The molecule has 6 heteroatoms. The first-order valence-corrected chi connectivity index (χ1v) is 7.94. The summed E-state index contributed by atoms with van der Waals surface area (Å²) in [5.74, 6) is -0.0649. The van der Waals surface area contributed by atoms with Crippen molar-refractivity contribution >= 4 is 17.6 Å². The molecule has 0 saturated carbocycles. The molecule has 0 unspecified atom stereocenters. The molecule has 0 spiro atoms. The van der Waals surface area contributed by atoms with Crippen molar-refractivity contribution in [1.29, 1.82) is 0 Å². The lowest BCUT2D eigenvalue weighted by molar-refractivity contribution is -0.135. The molecule has 6 nitrogen and oxygen atoms in total. The Morgan fingerprint density at radius 3 is 2.70 bits per heavy atom. The minimum atomic E-state index is -0.203. The van der Waals surface area contributed by atoms with Gasteiger partial charge in [-0.1, -0.05) is 18.2 Å². The number of benzene rings is 1. The quantitative estimate of drug-likeness (QED) is 0.903. The number of hydrogen-bond donors (Lipinski definition) is 1. The van der Waals surface area contributed by atoms with Crippen LogP contribution in [0.1, 0.15) is 12.0 Å². The number of para-hydroxylation sites is 1. The normalized spacial score (nSPS) is 26.0. The number of rotatable bonds is 2. The first-order valence-electron chi connectivity index (χ1n) is 7.94. The number of morpholine rings is 1. The Hall–Kier alpha value is -2.08. The lowest BCUT2D eigenvalue weighted by Gasteiger charge is -2.33. The SMILES string of the molecule is Cc1ccccc1NC(=O)N1C[C@H]2C[C@@H](C(=O)N(C)C)[C@@H](C1)O2. The zero-order valence-corrected chi connectivity index (χ0v) is 13.8. The van der Waals surface area contributed by atoms with E-state index < -0.39 is 0 Å². The van der Waals surface area contributed by atoms with E-state index in [2.05, 4.69) is 5.32 Å². The second-order valence-electron chi connectivity index (χ2n) is 6.52. The average Bonchev–Trinajstić information content (AvgIpc) is 2.82. The first-order chi connectivity index (χ1) is 11.0. The minimum absolute atomic E-state index is 0.0507. The van der Waals surface area contributed by atoms with Crippen LogP contribution >= 0.6 is 0 Å². The van der Waals surface area contributed by atoms with Crippen molar-refractivity contribution < 1.29 is 14.3 Å². The number of anilines is 1. The molecule has 1 N–H and O–H groups in total. The van der Waals surface area contributed by atoms with Gasteiger partial charge in [0.05, 0.1) is 18.1 Å². The van der Waals surface area contributed by atoms with E-state index in [9.17, 15) is 9.59 Å². The van der Waals surface area contributed by atoms with Crippen LogP contribution < -0.4 is 5.32 Å². The molecule has 0 aromatic heterocycles. The molecule has 3 rings (SSSR count). The van der Waals surface area contributed by atoms with Gasteiger partial charge in [0.1, 0.15) is 0 Å². The maximum absolute atomic E-state index is 12.5. The number of nitrogens with one attached hydrogen (secondary N) is 1. The average molecular weight is 317 g/mol. The third-order valence-corrected chi connectivity index (χ3v) is 4.59. The van der Waals surface area contributed by atoms with Gasteiger partial charge in [-0.2, -0.15) is 0 Å². The van der Waals surface area contributed by atoms with Crippen LogP contribution in [0.3, 0.4) is 0 Å². The molecule has 0 aliphatic carbocycles. The highest BCUT2D eigenvalue weighted by atomic mass is 16.5. The van der Waals surface area contributed by atoms with Crippen LogP contribution in [0.4, 0.5) is 10.5 Å². The standard InChI is InChI=1S/C17H23N3O3/c1-11-6-4-5-7-14(11)18-17(22)20-9-12-8-13(15(10-20)23-12)16(21)19(2)3/h4-7,12-13,15H,8-10H2,1-3H3,(H,18,22)/t12-,13-,15-/m1/s1. The molecule has 2 saturated heterocycles. The maximum Gasteiger partial charge on any atom is 0.322 e. The summed E-state index contributed by atoms with van der Waals surface area (Å²) >= 11 is 0. The Morgan fingerprint density at radius 1 is 1.26 bits per heavy atom. The van der Waals surface area contributed by atoms with Crippen LogP contribution in [-0.2, 0) is 9.53 Å². The number of carbonyl (C=O) groups excluding carboxylic acids is 2. The predicted molar refractivity (Wildman–Crippen MR) is 87.2 cm³/mol. The van der Waals surface area contributed by atoms with Gasteiger partial charge in [0.25, 0.3) is 0 Å². The van der Waals surface area contributed by atoms with Gasteiger partial charge in [-0.3, -0.25) is 4.79 Å². The molecule has 23 heavy (non-hydrogen) atoms. The molecule has 2 fully saturated rings. The lowest BCUT2D eigenvalue weighted by atomic mass is 9.99. The van der Waals surface area contributed by atoms with Gasteiger partial charge in [-0.05, 0) is 25.0 Å². The number of aryl methyl sites for hydroxylation is 1. The van der Waals surface area contributed by atoms with Crippen LogP contribution in [0.5, 0.6) is 0 Å². The third-order valence-electron chi connectivity index (χ3n) is 4.59. The summed E-state index contributed by atoms with van der Waals surface area (Å²) in [6, 6.07) is 7.57. The smallest absolute Gasteiger partial charge is 0.322 e. The third kappa shape index (κ3) is 3.17. The molecule has 3 amide bonds. The minimum Gasteiger partial charge on any atom is -0.370 e. The van der Waals surface area contributed by atoms with Gasteiger partial charge in [-0.25, -0.2) is 4.79 Å². The summed E-state index contributed by atoms with van der Waals surface area (Å²) in [5, 5.41) is 2.95. The van der Waals surface area contributed by atoms with E-state index in [1.807, 2.05) is 31.2 Å². The molecule has 1 aromatic rings. The Balaban J connectivity index is 1.66. The molecule has 124 valence electrons. The molecule has 2 aliphatic heterocycles. The monoisotopic (exact) mass is 317 g/mol. The van der Waals surface area contributed by atoms with E-state index in [1.54, 1.807) is 23.9 Å². The first kappa shape index (κ1) is 15.8. The largest absolute Gasteiger partial charge is 0.370 e. The highest BCUT2D eigenvalue weighted by molar-refractivity contribution is 5.90. The molecule has 2 heterocycles. The van der Waals surface area contributed by atoms with Crippen LogP contribution in [0, 0.1) is 12.8 Å². The zero-order chi connectivity index (χ0) is 16.6. The fourth-order valence-electron chi connectivity index (χ4n) is 3.32. The van der Waals surface area contributed by atoms with Gasteiger partial charge in [-0.15, -0.1) is 0 Å².